The molecule has 3 aromatic rings. The van der Waals surface area contributed by atoms with E-state index >= 15 is 0 Å². The summed E-state index contributed by atoms with van der Waals surface area (Å²) in [5.41, 5.74) is 0.965. The van der Waals surface area contributed by atoms with E-state index in [0.717, 1.165) is 27.5 Å². The summed E-state index contributed by atoms with van der Waals surface area (Å²) < 4.78 is 5.44. The number of hydrogen-bond donors (Lipinski definition) is 2. The second kappa shape index (κ2) is 5.97. The molecule has 2 heterocycles. The minimum absolute atomic E-state index is 0.610. The zero-order valence-electron chi connectivity index (χ0n) is 11.9. The molecule has 0 saturated heterocycles. The van der Waals surface area contributed by atoms with Gasteiger partial charge in [0.25, 0.3) is 0 Å². The summed E-state index contributed by atoms with van der Waals surface area (Å²) in [7, 11) is 1.81. The van der Waals surface area contributed by atoms with Gasteiger partial charge in [0.05, 0.1) is 12.0 Å². The Balaban J connectivity index is 1.91. The van der Waals surface area contributed by atoms with Crippen LogP contribution < -0.4 is 15.4 Å². The number of benzene rings is 1. The van der Waals surface area contributed by atoms with Crippen molar-refractivity contribution in [3.05, 3.63) is 35.7 Å². The molecule has 0 saturated carbocycles. The lowest BCUT2D eigenvalue weighted by Gasteiger charge is -2.09. The molecule has 2 aromatic heterocycles. The number of thiophene rings is 1. The molecule has 0 aliphatic rings. The minimum atomic E-state index is 0.610. The van der Waals surface area contributed by atoms with Crippen LogP contribution in [-0.4, -0.2) is 23.6 Å². The predicted octanol–water partition coefficient (Wildman–Crippen LogP) is 3.88. The van der Waals surface area contributed by atoms with E-state index < -0.39 is 0 Å². The molecule has 3 rings (SSSR count). The Kier molecular flexibility index (Phi) is 3.87. The number of aromatic nitrogens is 2. The molecule has 0 fully saturated rings. The largest absolute Gasteiger partial charge is 0.494 e. The van der Waals surface area contributed by atoms with Crippen LogP contribution in [0.2, 0.25) is 0 Å². The molecular weight excluding hydrogens is 284 g/mol. The van der Waals surface area contributed by atoms with Gasteiger partial charge >= 0.3 is 0 Å². The fourth-order valence-electron chi connectivity index (χ4n) is 2.00. The van der Waals surface area contributed by atoms with Gasteiger partial charge in [-0.25, -0.2) is 4.98 Å². The first-order chi connectivity index (χ1) is 10.3. The number of rotatable bonds is 5. The number of anilines is 3. The smallest absolute Gasteiger partial charge is 0.225 e. The van der Waals surface area contributed by atoms with Crippen molar-refractivity contribution in [3.63, 3.8) is 0 Å². The van der Waals surface area contributed by atoms with Crippen LogP contribution in [0.3, 0.4) is 0 Å². The van der Waals surface area contributed by atoms with E-state index in [0.29, 0.717) is 12.6 Å². The number of fused-ring (bicyclic) bond motifs is 1. The van der Waals surface area contributed by atoms with Crippen LogP contribution in [0.4, 0.5) is 17.5 Å². The molecule has 108 valence electrons. The monoisotopic (exact) mass is 300 g/mol. The van der Waals surface area contributed by atoms with Crippen molar-refractivity contribution in [1.29, 1.82) is 0 Å². The van der Waals surface area contributed by atoms with Crippen molar-refractivity contribution in [2.24, 2.45) is 0 Å². The van der Waals surface area contributed by atoms with Crippen molar-refractivity contribution in [1.82, 2.24) is 9.97 Å². The summed E-state index contributed by atoms with van der Waals surface area (Å²) in [4.78, 5) is 9.88. The predicted molar refractivity (Wildman–Crippen MR) is 87.9 cm³/mol. The van der Waals surface area contributed by atoms with Crippen LogP contribution in [0, 0.1) is 0 Å². The molecule has 0 aliphatic heterocycles. The summed E-state index contributed by atoms with van der Waals surface area (Å²) in [6, 6.07) is 9.86. The molecule has 0 spiro atoms. The number of nitrogens with one attached hydrogen (secondary N) is 2. The minimum Gasteiger partial charge on any atom is -0.494 e. The molecule has 21 heavy (non-hydrogen) atoms. The maximum Gasteiger partial charge on any atom is 0.225 e. The van der Waals surface area contributed by atoms with Gasteiger partial charge in [0.2, 0.25) is 5.95 Å². The van der Waals surface area contributed by atoms with Crippen LogP contribution in [0.5, 0.6) is 5.75 Å². The van der Waals surface area contributed by atoms with Gasteiger partial charge in [0, 0.05) is 12.7 Å². The summed E-state index contributed by atoms with van der Waals surface area (Å²) in [5.74, 6) is 2.27. The molecule has 1 aromatic carbocycles. The Morgan fingerprint density at radius 3 is 2.67 bits per heavy atom. The van der Waals surface area contributed by atoms with E-state index in [2.05, 4.69) is 20.6 Å². The van der Waals surface area contributed by atoms with Crippen molar-refractivity contribution in [3.8, 4) is 5.75 Å². The number of nitrogens with zero attached hydrogens (tertiary/aromatic N) is 2. The molecule has 0 amide bonds. The molecule has 0 bridgehead atoms. The van der Waals surface area contributed by atoms with E-state index in [1.54, 1.807) is 11.3 Å². The molecule has 0 unspecified atom stereocenters. The van der Waals surface area contributed by atoms with Gasteiger partial charge in [-0.3, -0.25) is 0 Å². The number of hydrogen-bond acceptors (Lipinski definition) is 6. The summed E-state index contributed by atoms with van der Waals surface area (Å²) >= 11 is 1.60. The van der Waals surface area contributed by atoms with Gasteiger partial charge in [0.15, 0.2) is 0 Å². The highest BCUT2D eigenvalue weighted by Gasteiger charge is 2.08. The van der Waals surface area contributed by atoms with E-state index in [1.807, 2.05) is 49.7 Å². The lowest BCUT2D eigenvalue weighted by Crippen LogP contribution is -2.01. The Hall–Kier alpha value is -2.34. The average molecular weight is 300 g/mol. The molecular formula is C15H16N4OS. The van der Waals surface area contributed by atoms with Gasteiger partial charge in [0.1, 0.15) is 16.4 Å². The van der Waals surface area contributed by atoms with Crippen LogP contribution >= 0.6 is 11.3 Å². The standard InChI is InChI=1S/C15H16N4OS/c1-3-20-11-6-4-10(5-7-11)17-13-12-8-9-21-14(12)19-15(16-2)18-13/h4-9H,3H2,1-2H3,(H2,16,17,18,19). The second-order valence-electron chi connectivity index (χ2n) is 4.37. The third-order valence-corrected chi connectivity index (χ3v) is 3.78. The Labute approximate surface area is 127 Å². The Morgan fingerprint density at radius 1 is 1.14 bits per heavy atom. The van der Waals surface area contributed by atoms with Crippen molar-refractivity contribution in [2.75, 3.05) is 24.3 Å². The van der Waals surface area contributed by atoms with Crippen LogP contribution in [0.25, 0.3) is 10.2 Å². The molecule has 0 aliphatic carbocycles. The van der Waals surface area contributed by atoms with Crippen molar-refractivity contribution < 1.29 is 4.74 Å². The lowest BCUT2D eigenvalue weighted by molar-refractivity contribution is 0.340. The van der Waals surface area contributed by atoms with Gasteiger partial charge in [-0.05, 0) is 42.6 Å². The van der Waals surface area contributed by atoms with E-state index in [9.17, 15) is 0 Å². The lowest BCUT2D eigenvalue weighted by atomic mass is 10.3. The first-order valence-electron chi connectivity index (χ1n) is 6.73. The van der Waals surface area contributed by atoms with Gasteiger partial charge in [-0.1, -0.05) is 0 Å². The van der Waals surface area contributed by atoms with E-state index in [4.69, 9.17) is 4.74 Å². The fraction of sp³-hybridized carbons (Fsp3) is 0.200. The fourth-order valence-corrected chi connectivity index (χ4v) is 2.76. The first kappa shape index (κ1) is 13.6. The SMILES string of the molecule is CCOc1ccc(Nc2nc(NC)nc3sccc23)cc1. The first-order valence-corrected chi connectivity index (χ1v) is 7.61. The highest BCUT2D eigenvalue weighted by atomic mass is 32.1. The van der Waals surface area contributed by atoms with Crippen LogP contribution in [0.1, 0.15) is 6.92 Å². The molecule has 6 heteroatoms. The zero-order valence-corrected chi connectivity index (χ0v) is 12.7. The third kappa shape index (κ3) is 2.90. The average Bonchev–Trinajstić information content (AvgIpc) is 2.98. The topological polar surface area (TPSA) is 59.1 Å². The third-order valence-electron chi connectivity index (χ3n) is 2.98. The van der Waals surface area contributed by atoms with Crippen molar-refractivity contribution in [2.45, 2.75) is 6.92 Å². The molecule has 0 radical (unpaired) electrons. The van der Waals surface area contributed by atoms with E-state index in [-0.39, 0.29) is 0 Å². The number of ether oxygens (including phenoxy) is 1. The molecule has 5 nitrogen and oxygen atoms in total. The Morgan fingerprint density at radius 2 is 1.95 bits per heavy atom. The second-order valence-corrected chi connectivity index (χ2v) is 5.26. The molecule has 0 atom stereocenters. The zero-order chi connectivity index (χ0) is 14.7. The highest BCUT2D eigenvalue weighted by molar-refractivity contribution is 7.16. The van der Waals surface area contributed by atoms with Gasteiger partial charge < -0.3 is 15.4 Å². The quantitative estimate of drug-likeness (QED) is 0.749. The summed E-state index contributed by atoms with van der Waals surface area (Å²) in [6.45, 7) is 2.64. The molecule has 2 N–H and O–H groups in total. The van der Waals surface area contributed by atoms with E-state index in [1.165, 1.54) is 0 Å². The maximum absolute atomic E-state index is 5.44. The maximum atomic E-state index is 5.44. The van der Waals surface area contributed by atoms with Crippen molar-refractivity contribution >= 4 is 39.0 Å². The normalized spacial score (nSPS) is 10.6. The van der Waals surface area contributed by atoms with Gasteiger partial charge in [-0.2, -0.15) is 4.98 Å². The van der Waals surface area contributed by atoms with Gasteiger partial charge in [-0.15, -0.1) is 11.3 Å². The summed E-state index contributed by atoms with van der Waals surface area (Å²) in [5, 5.41) is 9.36. The summed E-state index contributed by atoms with van der Waals surface area (Å²) in [6.07, 6.45) is 0. The van der Waals surface area contributed by atoms with Crippen LogP contribution in [0.15, 0.2) is 35.7 Å². The van der Waals surface area contributed by atoms with Crippen LogP contribution in [-0.2, 0) is 0 Å². The highest BCUT2D eigenvalue weighted by Crippen LogP contribution is 2.29. The Bertz CT molecular complexity index is 739.